The molecule has 0 aliphatic carbocycles. The monoisotopic (exact) mass is 331 g/mol. The quantitative estimate of drug-likeness (QED) is 0.875. The maximum atomic E-state index is 14.1. The summed E-state index contributed by atoms with van der Waals surface area (Å²) in [5.74, 6) is -2.20. The van der Waals surface area contributed by atoms with Gasteiger partial charge in [-0.1, -0.05) is 12.1 Å². The fourth-order valence-corrected chi connectivity index (χ4v) is 2.75. The van der Waals surface area contributed by atoms with E-state index in [0.29, 0.717) is 12.5 Å². The summed E-state index contributed by atoms with van der Waals surface area (Å²) in [7, 11) is 0. The number of halogens is 2. The van der Waals surface area contributed by atoms with Crippen LogP contribution in [0.25, 0.3) is 0 Å². The Labute approximate surface area is 137 Å². The minimum absolute atomic E-state index is 0.0670. The Kier molecular flexibility index (Phi) is 4.01. The maximum absolute atomic E-state index is 14.1. The van der Waals surface area contributed by atoms with Crippen molar-refractivity contribution in [3.63, 3.8) is 0 Å². The first-order valence-corrected chi connectivity index (χ1v) is 7.41. The van der Waals surface area contributed by atoms with Crippen molar-refractivity contribution in [2.45, 2.75) is 18.9 Å². The van der Waals surface area contributed by atoms with Gasteiger partial charge in [0.1, 0.15) is 17.2 Å². The zero-order valence-corrected chi connectivity index (χ0v) is 12.9. The van der Waals surface area contributed by atoms with Gasteiger partial charge in [0.05, 0.1) is 0 Å². The van der Waals surface area contributed by atoms with E-state index in [1.54, 1.807) is 18.3 Å². The third-order valence-corrected chi connectivity index (χ3v) is 4.06. The number of nitrogens with one attached hydrogen (secondary N) is 1. The fourth-order valence-electron chi connectivity index (χ4n) is 2.75. The Bertz CT molecular complexity index is 798. The van der Waals surface area contributed by atoms with Crippen LogP contribution in [0.5, 0.6) is 0 Å². The van der Waals surface area contributed by atoms with Crippen molar-refractivity contribution in [3.05, 3.63) is 65.5 Å². The van der Waals surface area contributed by atoms with Crippen molar-refractivity contribution in [1.29, 1.82) is 0 Å². The summed E-state index contributed by atoms with van der Waals surface area (Å²) >= 11 is 0. The largest absolute Gasteiger partial charge is 0.325 e. The van der Waals surface area contributed by atoms with Gasteiger partial charge in [0.15, 0.2) is 0 Å². The molecule has 2 heterocycles. The molecule has 1 aliphatic heterocycles. The minimum atomic E-state index is -1.56. The lowest BCUT2D eigenvalue weighted by molar-refractivity contribution is -0.131. The molecule has 3 amide bonds. The van der Waals surface area contributed by atoms with Gasteiger partial charge in [0.25, 0.3) is 5.91 Å². The smallest absolute Gasteiger partial charge is 0.319 e. The van der Waals surface area contributed by atoms with Gasteiger partial charge in [-0.05, 0) is 25.1 Å². The van der Waals surface area contributed by atoms with Crippen LogP contribution in [-0.4, -0.2) is 28.4 Å². The van der Waals surface area contributed by atoms with Crippen molar-refractivity contribution < 1.29 is 18.4 Å². The van der Waals surface area contributed by atoms with Gasteiger partial charge in [0, 0.05) is 36.5 Å². The predicted molar refractivity (Wildman–Crippen MR) is 81.9 cm³/mol. The summed E-state index contributed by atoms with van der Waals surface area (Å²) in [5, 5.41) is 2.50. The molecule has 0 radical (unpaired) electrons. The number of carbonyl (C=O) groups is 2. The number of pyridine rings is 1. The Morgan fingerprint density at radius 1 is 1.21 bits per heavy atom. The molecule has 124 valence electrons. The first-order chi connectivity index (χ1) is 11.4. The van der Waals surface area contributed by atoms with Crippen LogP contribution in [0.3, 0.4) is 0 Å². The number of carbonyl (C=O) groups excluding carboxylic acids is 2. The highest BCUT2D eigenvalue weighted by atomic mass is 19.1. The van der Waals surface area contributed by atoms with E-state index in [-0.39, 0.29) is 12.1 Å². The van der Waals surface area contributed by atoms with Crippen molar-refractivity contribution in [2.75, 3.05) is 6.54 Å². The Morgan fingerprint density at radius 3 is 2.67 bits per heavy atom. The molecule has 7 heteroatoms. The fraction of sp³-hybridized carbons (Fsp3) is 0.235. The van der Waals surface area contributed by atoms with Crippen molar-refractivity contribution in [1.82, 2.24) is 15.2 Å². The van der Waals surface area contributed by atoms with Gasteiger partial charge in [-0.3, -0.25) is 14.7 Å². The van der Waals surface area contributed by atoms with Crippen molar-refractivity contribution in [3.8, 4) is 0 Å². The van der Waals surface area contributed by atoms with E-state index < -0.39 is 29.1 Å². The number of nitrogens with zero attached hydrogens (tertiary/aromatic N) is 2. The standard InChI is InChI=1S/C17H15F2N3O2/c1-17(13-6-5-11(18)10-14(13)19)15(23)22(16(24)21-17)9-7-12-4-2-3-8-20-12/h2-6,8,10H,7,9H2,1H3,(H,21,24)/t17-/m0/s1. The second kappa shape index (κ2) is 5.99. The van der Waals surface area contributed by atoms with Gasteiger partial charge in [-0.15, -0.1) is 0 Å². The highest BCUT2D eigenvalue weighted by molar-refractivity contribution is 6.07. The number of hydrogen-bond acceptors (Lipinski definition) is 3. The molecule has 1 atom stereocenters. The van der Waals surface area contributed by atoms with Crippen LogP contribution < -0.4 is 5.32 Å². The number of urea groups is 1. The van der Waals surface area contributed by atoms with Crippen molar-refractivity contribution >= 4 is 11.9 Å². The van der Waals surface area contributed by atoms with E-state index >= 15 is 0 Å². The van der Waals surface area contributed by atoms with E-state index in [4.69, 9.17) is 0 Å². The van der Waals surface area contributed by atoms with Crippen LogP contribution in [0.1, 0.15) is 18.2 Å². The molecule has 1 aromatic heterocycles. The summed E-state index contributed by atoms with van der Waals surface area (Å²) in [4.78, 5) is 30.0. The Hall–Kier alpha value is -2.83. The third kappa shape index (κ3) is 2.73. The van der Waals surface area contributed by atoms with E-state index in [0.717, 1.165) is 16.7 Å². The molecular weight excluding hydrogens is 316 g/mol. The van der Waals surface area contributed by atoms with Crippen LogP contribution in [0.4, 0.5) is 13.6 Å². The molecule has 0 spiro atoms. The molecule has 1 N–H and O–H groups in total. The summed E-state index contributed by atoms with van der Waals surface area (Å²) in [6, 6.07) is 7.68. The summed E-state index contributed by atoms with van der Waals surface area (Å²) in [6.07, 6.45) is 2.02. The summed E-state index contributed by atoms with van der Waals surface area (Å²) in [5.41, 5.74) is -0.888. The average molecular weight is 331 g/mol. The predicted octanol–water partition coefficient (Wildman–Crippen LogP) is 2.37. The molecule has 0 bridgehead atoms. The molecule has 5 nitrogen and oxygen atoms in total. The average Bonchev–Trinajstić information content (AvgIpc) is 2.76. The van der Waals surface area contributed by atoms with E-state index in [1.807, 2.05) is 6.07 Å². The molecule has 2 aromatic rings. The van der Waals surface area contributed by atoms with Crippen LogP contribution in [0.2, 0.25) is 0 Å². The zero-order valence-electron chi connectivity index (χ0n) is 12.9. The molecule has 3 rings (SSSR count). The van der Waals surface area contributed by atoms with E-state index in [2.05, 4.69) is 10.3 Å². The maximum Gasteiger partial charge on any atom is 0.325 e. The van der Waals surface area contributed by atoms with Crippen LogP contribution in [0, 0.1) is 11.6 Å². The Morgan fingerprint density at radius 2 is 2.00 bits per heavy atom. The first-order valence-electron chi connectivity index (χ1n) is 7.41. The number of imide groups is 1. The molecule has 0 saturated carbocycles. The highest BCUT2D eigenvalue weighted by Gasteiger charge is 2.50. The minimum Gasteiger partial charge on any atom is -0.319 e. The second-order valence-electron chi connectivity index (χ2n) is 5.71. The second-order valence-corrected chi connectivity index (χ2v) is 5.71. The lowest BCUT2D eigenvalue weighted by atomic mass is 9.91. The van der Waals surface area contributed by atoms with E-state index in [9.17, 15) is 18.4 Å². The van der Waals surface area contributed by atoms with Gasteiger partial charge in [-0.2, -0.15) is 0 Å². The number of aromatic nitrogens is 1. The van der Waals surface area contributed by atoms with E-state index in [1.165, 1.54) is 13.0 Å². The van der Waals surface area contributed by atoms with Crippen molar-refractivity contribution in [2.24, 2.45) is 0 Å². The molecule has 1 aromatic carbocycles. The first kappa shape index (κ1) is 16.0. The Balaban J connectivity index is 1.82. The molecule has 0 unspecified atom stereocenters. The molecular formula is C17H15F2N3O2. The third-order valence-electron chi connectivity index (χ3n) is 4.06. The van der Waals surface area contributed by atoms with Gasteiger partial charge < -0.3 is 5.32 Å². The summed E-state index contributed by atoms with van der Waals surface area (Å²) < 4.78 is 27.1. The van der Waals surface area contributed by atoms with Crippen LogP contribution in [0.15, 0.2) is 42.6 Å². The van der Waals surface area contributed by atoms with Crippen LogP contribution >= 0.6 is 0 Å². The number of rotatable bonds is 4. The normalized spacial score (nSPS) is 20.4. The number of benzene rings is 1. The molecule has 1 saturated heterocycles. The molecule has 1 aliphatic rings. The summed E-state index contributed by atoms with van der Waals surface area (Å²) in [6.45, 7) is 1.53. The zero-order chi connectivity index (χ0) is 17.3. The topological polar surface area (TPSA) is 62.3 Å². The number of hydrogen-bond donors (Lipinski definition) is 1. The lowest BCUT2D eigenvalue weighted by Gasteiger charge is -2.22. The lowest BCUT2D eigenvalue weighted by Crippen LogP contribution is -2.42. The van der Waals surface area contributed by atoms with Gasteiger partial charge in [-0.25, -0.2) is 13.6 Å². The van der Waals surface area contributed by atoms with Gasteiger partial charge in [0.2, 0.25) is 0 Å². The number of amides is 3. The molecule has 1 fully saturated rings. The highest BCUT2D eigenvalue weighted by Crippen LogP contribution is 2.31. The van der Waals surface area contributed by atoms with Gasteiger partial charge >= 0.3 is 6.03 Å². The SMILES string of the molecule is C[C@@]1(c2ccc(F)cc2F)NC(=O)N(CCc2ccccn2)C1=O. The van der Waals surface area contributed by atoms with Crippen LogP contribution in [-0.2, 0) is 16.8 Å². The molecule has 24 heavy (non-hydrogen) atoms.